The van der Waals surface area contributed by atoms with Crippen LogP contribution in [0.3, 0.4) is 0 Å². The fourth-order valence-corrected chi connectivity index (χ4v) is 6.98. The molecule has 1 aliphatic carbocycles. The first-order valence-electron chi connectivity index (χ1n) is 19.8. The molecule has 0 amide bonds. The van der Waals surface area contributed by atoms with Crippen LogP contribution in [0.4, 0.5) is 0 Å². The van der Waals surface area contributed by atoms with Crippen molar-refractivity contribution in [2.45, 2.75) is 213 Å². The molecule has 0 unspecified atom stereocenters. The second-order valence-corrected chi connectivity index (χ2v) is 14.4. The Hall–Kier alpha value is -1.04. The van der Waals surface area contributed by atoms with Gasteiger partial charge >= 0.3 is 0 Å². The quantitative estimate of drug-likeness (QED) is 0.0573. The van der Waals surface area contributed by atoms with Crippen LogP contribution in [0, 0.1) is 11.3 Å². The maximum absolute atomic E-state index is 2.49. The lowest BCUT2D eigenvalue weighted by Gasteiger charge is -2.40. The zero-order valence-corrected chi connectivity index (χ0v) is 29.9. The molecule has 1 rings (SSSR count). The summed E-state index contributed by atoms with van der Waals surface area (Å²) >= 11 is 0. The molecule has 0 saturated heterocycles. The molecule has 0 heterocycles. The van der Waals surface area contributed by atoms with E-state index in [4.69, 9.17) is 0 Å². The van der Waals surface area contributed by atoms with Gasteiger partial charge in [0.2, 0.25) is 0 Å². The maximum Gasteiger partial charge on any atom is -0.0169 e. The van der Waals surface area contributed by atoms with Crippen LogP contribution in [0.15, 0.2) is 48.6 Å². The summed E-state index contributed by atoms with van der Waals surface area (Å²) in [7, 11) is 0. The average molecular weight is 595 g/mol. The van der Waals surface area contributed by atoms with Gasteiger partial charge in [-0.25, -0.2) is 0 Å². The first kappa shape index (κ1) is 40.0. The van der Waals surface area contributed by atoms with Crippen LogP contribution < -0.4 is 0 Å². The highest BCUT2D eigenvalue weighted by molar-refractivity contribution is 4.93. The first-order chi connectivity index (χ1) is 21.2. The normalized spacial score (nSPS) is 16.2. The highest BCUT2D eigenvalue weighted by Gasteiger charge is 2.32. The lowest BCUT2D eigenvalue weighted by Crippen LogP contribution is -2.27. The van der Waals surface area contributed by atoms with E-state index in [0.717, 1.165) is 18.8 Å². The van der Waals surface area contributed by atoms with Crippen molar-refractivity contribution in [3.8, 4) is 0 Å². The third kappa shape index (κ3) is 25.9. The van der Waals surface area contributed by atoms with Crippen molar-refractivity contribution in [2.24, 2.45) is 11.3 Å². The summed E-state index contributed by atoms with van der Waals surface area (Å²) in [5.74, 6) is 0.972. The van der Waals surface area contributed by atoms with Crippen LogP contribution in [0.2, 0.25) is 0 Å². The average Bonchev–Trinajstić information content (AvgIpc) is 3.02. The van der Waals surface area contributed by atoms with Gasteiger partial charge in [-0.15, -0.1) is 0 Å². The van der Waals surface area contributed by atoms with Gasteiger partial charge in [0.1, 0.15) is 0 Å². The SMILES string of the molecule is CCCCC/C=C\C/C=C\CCCCCCCCC1(CCCCCCCC/C=C\C/C=C\CCCCC)CCC(C)CC1. The standard InChI is InChI=1S/C43H78/c1-4-6-8-10-12-14-16-18-20-22-24-26-28-30-32-34-38-43(40-36-42(3)37-41-43)39-35-33-31-29-27-25-23-21-19-17-15-13-11-9-7-5-2/h12-15,18-21,42H,4-11,16-17,22-41H2,1-3H3/b14-12-,15-13-,20-18-,21-19-. The van der Waals surface area contributed by atoms with E-state index in [1.165, 1.54) is 180 Å². The molecule has 0 atom stereocenters. The molecule has 1 aliphatic rings. The zero-order chi connectivity index (χ0) is 30.9. The molecule has 1 saturated carbocycles. The minimum Gasteiger partial charge on any atom is -0.0882 e. The highest BCUT2D eigenvalue weighted by Crippen LogP contribution is 2.46. The van der Waals surface area contributed by atoms with E-state index >= 15 is 0 Å². The number of rotatable bonds is 30. The van der Waals surface area contributed by atoms with Crippen LogP contribution in [-0.4, -0.2) is 0 Å². The van der Waals surface area contributed by atoms with Crippen molar-refractivity contribution < 1.29 is 0 Å². The van der Waals surface area contributed by atoms with Gasteiger partial charge in [0.15, 0.2) is 0 Å². The Balaban J connectivity index is 2.04. The van der Waals surface area contributed by atoms with E-state index in [2.05, 4.69) is 69.4 Å². The van der Waals surface area contributed by atoms with E-state index in [0.29, 0.717) is 5.41 Å². The van der Waals surface area contributed by atoms with Crippen LogP contribution in [0.5, 0.6) is 0 Å². The second-order valence-electron chi connectivity index (χ2n) is 14.4. The van der Waals surface area contributed by atoms with Crippen LogP contribution >= 0.6 is 0 Å². The van der Waals surface area contributed by atoms with Crippen LogP contribution in [-0.2, 0) is 0 Å². The Bertz CT molecular complexity index is 618. The molecule has 0 aliphatic heterocycles. The lowest BCUT2D eigenvalue weighted by molar-refractivity contribution is 0.121. The minimum atomic E-state index is 0.705. The van der Waals surface area contributed by atoms with Crippen LogP contribution in [0.1, 0.15) is 213 Å². The highest BCUT2D eigenvalue weighted by atomic mass is 14.4. The molecule has 0 spiro atoms. The van der Waals surface area contributed by atoms with Gasteiger partial charge in [-0.2, -0.15) is 0 Å². The molecular weight excluding hydrogens is 516 g/mol. The van der Waals surface area contributed by atoms with Crippen molar-refractivity contribution >= 4 is 0 Å². The monoisotopic (exact) mass is 595 g/mol. The number of hydrogen-bond acceptors (Lipinski definition) is 0. The summed E-state index contributed by atoms with van der Waals surface area (Å²) in [5, 5.41) is 0. The van der Waals surface area contributed by atoms with E-state index in [-0.39, 0.29) is 0 Å². The van der Waals surface area contributed by atoms with Crippen molar-refractivity contribution in [1.82, 2.24) is 0 Å². The molecule has 1 fully saturated rings. The van der Waals surface area contributed by atoms with Gasteiger partial charge in [0.05, 0.1) is 0 Å². The van der Waals surface area contributed by atoms with Gasteiger partial charge < -0.3 is 0 Å². The molecule has 0 heteroatoms. The number of unbranched alkanes of at least 4 members (excludes halogenated alkanes) is 18. The Morgan fingerprint density at radius 1 is 0.419 bits per heavy atom. The fourth-order valence-electron chi connectivity index (χ4n) is 6.98. The number of hydrogen-bond donors (Lipinski definition) is 0. The molecule has 0 aromatic heterocycles. The largest absolute Gasteiger partial charge is 0.0882 e. The second kappa shape index (κ2) is 31.0. The van der Waals surface area contributed by atoms with Gasteiger partial charge in [0.25, 0.3) is 0 Å². The van der Waals surface area contributed by atoms with Gasteiger partial charge in [-0.3, -0.25) is 0 Å². The van der Waals surface area contributed by atoms with Crippen molar-refractivity contribution in [1.29, 1.82) is 0 Å². The van der Waals surface area contributed by atoms with Gasteiger partial charge in [0, 0.05) is 0 Å². The van der Waals surface area contributed by atoms with E-state index in [1.54, 1.807) is 0 Å². The lowest BCUT2D eigenvalue weighted by atomic mass is 9.65. The Morgan fingerprint density at radius 3 is 1.12 bits per heavy atom. The van der Waals surface area contributed by atoms with Gasteiger partial charge in [-0.1, -0.05) is 172 Å². The predicted molar refractivity (Wildman–Crippen MR) is 198 cm³/mol. The van der Waals surface area contributed by atoms with E-state index in [1.807, 2.05) is 0 Å². The molecule has 0 bridgehead atoms. The van der Waals surface area contributed by atoms with E-state index in [9.17, 15) is 0 Å². The summed E-state index contributed by atoms with van der Waals surface area (Å²) in [6, 6.07) is 0. The summed E-state index contributed by atoms with van der Waals surface area (Å²) in [4.78, 5) is 0. The predicted octanol–water partition coefficient (Wildman–Crippen LogP) is 15.6. The van der Waals surface area contributed by atoms with Crippen molar-refractivity contribution in [3.63, 3.8) is 0 Å². The van der Waals surface area contributed by atoms with Crippen molar-refractivity contribution in [2.75, 3.05) is 0 Å². The Kier molecular flexibility index (Phi) is 28.8. The van der Waals surface area contributed by atoms with Crippen LogP contribution in [0.25, 0.3) is 0 Å². The summed E-state index contributed by atoms with van der Waals surface area (Å²) in [6.45, 7) is 7.05. The van der Waals surface area contributed by atoms with Gasteiger partial charge in [-0.05, 0) is 101 Å². The topological polar surface area (TPSA) is 0 Å². The zero-order valence-electron chi connectivity index (χ0n) is 29.9. The number of allylic oxidation sites excluding steroid dienone is 8. The fraction of sp³-hybridized carbons (Fsp3) is 0.814. The molecule has 0 aromatic rings. The molecule has 0 radical (unpaired) electrons. The summed E-state index contributed by atoms with van der Waals surface area (Å²) < 4.78 is 0. The molecule has 43 heavy (non-hydrogen) atoms. The molecule has 250 valence electrons. The molecular formula is C43H78. The summed E-state index contributed by atoms with van der Waals surface area (Å²) in [5.41, 5.74) is 0.705. The van der Waals surface area contributed by atoms with E-state index < -0.39 is 0 Å². The summed E-state index contributed by atoms with van der Waals surface area (Å²) in [6.07, 6.45) is 60.9. The minimum absolute atomic E-state index is 0.705. The van der Waals surface area contributed by atoms with Crippen molar-refractivity contribution in [3.05, 3.63) is 48.6 Å². The smallest absolute Gasteiger partial charge is 0.0169 e. The molecule has 0 N–H and O–H groups in total. The third-order valence-electron chi connectivity index (χ3n) is 10.2. The Labute approximate surface area is 272 Å². The molecule has 0 aromatic carbocycles. The third-order valence-corrected chi connectivity index (χ3v) is 10.2. The first-order valence-corrected chi connectivity index (χ1v) is 19.8. The molecule has 0 nitrogen and oxygen atoms in total. The maximum atomic E-state index is 2.49. The Morgan fingerprint density at radius 2 is 0.744 bits per heavy atom.